The summed E-state index contributed by atoms with van der Waals surface area (Å²) >= 11 is 0. The fourth-order valence-corrected chi connectivity index (χ4v) is 1.73. The van der Waals surface area contributed by atoms with Crippen LogP contribution in [-0.4, -0.2) is 48.2 Å². The minimum atomic E-state index is -0.00500. The second-order valence-corrected chi connectivity index (χ2v) is 4.19. The molecule has 88 valence electrons. The van der Waals surface area contributed by atoms with E-state index in [0.717, 1.165) is 17.9 Å². The Hall–Kier alpha value is -1.58. The van der Waals surface area contributed by atoms with Crippen molar-refractivity contribution in [1.82, 2.24) is 9.47 Å². The van der Waals surface area contributed by atoms with Crippen molar-refractivity contribution >= 4 is 5.96 Å². The molecular formula is C12H20N3O+. The van der Waals surface area contributed by atoms with Gasteiger partial charge in [-0.1, -0.05) is 6.92 Å². The lowest BCUT2D eigenvalue weighted by Gasteiger charge is -2.13. The molecule has 0 radical (unpaired) electrons. The molecule has 0 aliphatic carbocycles. The van der Waals surface area contributed by atoms with Gasteiger partial charge in [0.25, 0.3) is 0 Å². The normalized spacial score (nSPS) is 10.1. The van der Waals surface area contributed by atoms with Crippen molar-refractivity contribution in [1.29, 1.82) is 0 Å². The lowest BCUT2D eigenvalue weighted by Crippen LogP contribution is -2.41. The van der Waals surface area contributed by atoms with Crippen LogP contribution in [0.3, 0.4) is 0 Å². The summed E-state index contributed by atoms with van der Waals surface area (Å²) in [6, 6.07) is 3.49. The van der Waals surface area contributed by atoms with E-state index in [2.05, 4.69) is 6.92 Å². The molecule has 0 atom stereocenters. The van der Waals surface area contributed by atoms with Gasteiger partial charge in [0, 0.05) is 6.07 Å². The second kappa shape index (κ2) is 4.96. The first kappa shape index (κ1) is 12.5. The molecule has 0 aromatic carbocycles. The molecule has 4 nitrogen and oxygen atoms in total. The Labute approximate surface area is 96.4 Å². The summed E-state index contributed by atoms with van der Waals surface area (Å²) in [6.45, 7) is 2.08. The van der Waals surface area contributed by atoms with Gasteiger partial charge in [0.1, 0.15) is 0 Å². The third-order valence-electron chi connectivity index (χ3n) is 2.40. The third kappa shape index (κ3) is 2.51. The SMILES string of the molecule is CCc1ccc(=O)n(C(N(C)C)=[N+](C)C)c1. The van der Waals surface area contributed by atoms with Crippen LogP contribution in [0.5, 0.6) is 0 Å². The van der Waals surface area contributed by atoms with Crippen molar-refractivity contribution in [2.75, 3.05) is 28.2 Å². The van der Waals surface area contributed by atoms with Crippen LogP contribution < -0.4 is 5.56 Å². The van der Waals surface area contributed by atoms with Gasteiger partial charge in [-0.25, -0.2) is 0 Å². The van der Waals surface area contributed by atoms with Crippen LogP contribution >= 0.6 is 0 Å². The molecular weight excluding hydrogens is 202 g/mol. The zero-order valence-corrected chi connectivity index (χ0v) is 10.7. The van der Waals surface area contributed by atoms with Gasteiger partial charge in [-0.3, -0.25) is 14.3 Å². The number of hydrogen-bond donors (Lipinski definition) is 0. The van der Waals surface area contributed by atoms with E-state index in [1.54, 1.807) is 10.6 Å². The Kier molecular flexibility index (Phi) is 3.88. The quantitative estimate of drug-likeness (QED) is 0.392. The first-order valence-electron chi connectivity index (χ1n) is 5.41. The standard InChI is InChI=1S/C12H20N3O/c1-6-10-7-8-11(16)15(9-10)12(13(2)3)14(4)5/h7-9H,6H2,1-5H3/q+1. The Bertz CT molecular complexity index is 454. The molecule has 4 heteroatoms. The number of nitrogens with zero attached hydrogens (tertiary/aromatic N) is 3. The highest BCUT2D eigenvalue weighted by atomic mass is 16.1. The van der Waals surface area contributed by atoms with E-state index < -0.39 is 0 Å². The maximum absolute atomic E-state index is 11.8. The predicted molar refractivity (Wildman–Crippen MR) is 66.3 cm³/mol. The zero-order chi connectivity index (χ0) is 12.3. The highest BCUT2D eigenvalue weighted by Crippen LogP contribution is 1.97. The maximum atomic E-state index is 11.8. The van der Waals surface area contributed by atoms with E-state index in [1.165, 1.54) is 0 Å². The minimum absolute atomic E-state index is 0.00500. The molecule has 16 heavy (non-hydrogen) atoms. The molecule has 1 aromatic heterocycles. The summed E-state index contributed by atoms with van der Waals surface area (Å²) in [5.74, 6) is 0.861. The van der Waals surface area contributed by atoms with Crippen molar-refractivity contribution < 1.29 is 4.58 Å². The van der Waals surface area contributed by atoms with E-state index in [9.17, 15) is 4.79 Å². The van der Waals surface area contributed by atoms with Crippen LogP contribution in [0, 0.1) is 0 Å². The van der Waals surface area contributed by atoms with Gasteiger partial charge >= 0.3 is 11.5 Å². The van der Waals surface area contributed by atoms with E-state index in [1.807, 2.05) is 49.9 Å². The molecule has 0 amide bonds. The monoisotopic (exact) mass is 222 g/mol. The second-order valence-electron chi connectivity index (χ2n) is 4.19. The Morgan fingerprint density at radius 1 is 1.38 bits per heavy atom. The highest BCUT2D eigenvalue weighted by Gasteiger charge is 2.16. The van der Waals surface area contributed by atoms with E-state index >= 15 is 0 Å². The van der Waals surface area contributed by atoms with Crippen LogP contribution in [0.2, 0.25) is 0 Å². The van der Waals surface area contributed by atoms with Gasteiger partial charge in [0.05, 0.1) is 34.4 Å². The largest absolute Gasteiger partial charge is 0.361 e. The summed E-state index contributed by atoms with van der Waals surface area (Å²) in [5, 5.41) is 0. The van der Waals surface area contributed by atoms with Crippen molar-refractivity contribution in [2.45, 2.75) is 13.3 Å². The average Bonchev–Trinajstić information content (AvgIpc) is 2.20. The molecule has 0 N–H and O–H groups in total. The average molecular weight is 222 g/mol. The number of rotatable bonds is 1. The topological polar surface area (TPSA) is 28.2 Å². The molecule has 1 rings (SSSR count). The lowest BCUT2D eigenvalue weighted by molar-refractivity contribution is -0.472. The van der Waals surface area contributed by atoms with Crippen LogP contribution in [0.1, 0.15) is 12.5 Å². The van der Waals surface area contributed by atoms with Gasteiger partial charge in [-0.05, 0) is 18.1 Å². The number of hydrogen-bond acceptors (Lipinski definition) is 1. The maximum Gasteiger partial charge on any atom is 0.361 e. The molecule has 0 fully saturated rings. The molecule has 0 spiro atoms. The van der Waals surface area contributed by atoms with Crippen molar-refractivity contribution in [3.63, 3.8) is 0 Å². The van der Waals surface area contributed by atoms with Crippen molar-refractivity contribution in [3.8, 4) is 0 Å². The molecule has 0 saturated carbocycles. The summed E-state index contributed by atoms with van der Waals surface area (Å²) in [6.07, 6.45) is 2.83. The molecule has 0 saturated heterocycles. The summed E-state index contributed by atoms with van der Waals surface area (Å²) in [5.41, 5.74) is 1.15. The molecule has 1 aromatic rings. The van der Waals surface area contributed by atoms with Gasteiger partial charge in [-0.2, -0.15) is 4.57 Å². The number of pyridine rings is 1. The van der Waals surface area contributed by atoms with E-state index in [-0.39, 0.29) is 5.56 Å². The third-order valence-corrected chi connectivity index (χ3v) is 2.40. The van der Waals surface area contributed by atoms with Crippen LogP contribution in [0.4, 0.5) is 0 Å². The Morgan fingerprint density at radius 3 is 2.44 bits per heavy atom. The van der Waals surface area contributed by atoms with Gasteiger partial charge in [-0.15, -0.1) is 0 Å². The van der Waals surface area contributed by atoms with Crippen LogP contribution in [0.15, 0.2) is 23.1 Å². The number of aromatic nitrogens is 1. The highest BCUT2D eigenvalue weighted by molar-refractivity contribution is 5.77. The minimum Gasteiger partial charge on any atom is -0.269 e. The molecule has 0 aliphatic heterocycles. The summed E-state index contributed by atoms with van der Waals surface area (Å²) in [7, 11) is 7.72. The molecule has 0 unspecified atom stereocenters. The van der Waals surface area contributed by atoms with Crippen molar-refractivity contribution in [3.05, 3.63) is 34.2 Å². The van der Waals surface area contributed by atoms with E-state index in [4.69, 9.17) is 0 Å². The molecule has 0 aliphatic rings. The smallest absolute Gasteiger partial charge is 0.269 e. The Balaban J connectivity index is 3.41. The first-order valence-corrected chi connectivity index (χ1v) is 5.41. The predicted octanol–water partition coefficient (Wildman–Crippen LogP) is 0.449. The van der Waals surface area contributed by atoms with Gasteiger partial charge in [0.15, 0.2) is 0 Å². The van der Waals surface area contributed by atoms with Gasteiger partial charge in [0.2, 0.25) is 0 Å². The fraction of sp³-hybridized carbons (Fsp3) is 0.500. The summed E-state index contributed by atoms with van der Waals surface area (Å²) in [4.78, 5) is 13.8. The fourth-order valence-electron chi connectivity index (χ4n) is 1.73. The van der Waals surface area contributed by atoms with Crippen LogP contribution in [0.25, 0.3) is 0 Å². The number of aryl methyl sites for hydroxylation is 1. The first-order chi connectivity index (χ1) is 7.47. The zero-order valence-electron chi connectivity index (χ0n) is 10.7. The lowest BCUT2D eigenvalue weighted by atomic mass is 10.2. The summed E-state index contributed by atoms with van der Waals surface area (Å²) < 4.78 is 3.61. The molecule has 0 bridgehead atoms. The van der Waals surface area contributed by atoms with E-state index in [0.29, 0.717) is 0 Å². The van der Waals surface area contributed by atoms with Gasteiger partial charge < -0.3 is 0 Å². The molecule has 1 heterocycles. The van der Waals surface area contributed by atoms with Crippen LogP contribution in [-0.2, 0) is 6.42 Å². The Morgan fingerprint density at radius 2 is 2.00 bits per heavy atom. The van der Waals surface area contributed by atoms with Crippen molar-refractivity contribution in [2.24, 2.45) is 0 Å².